The minimum Gasteiger partial charge on any atom is -0.399 e. The van der Waals surface area contributed by atoms with Crippen LogP contribution in [0.25, 0.3) is 11.4 Å². The average Bonchev–Trinajstić information content (AvgIpc) is 3.40. The molecule has 2 aromatic heterocycles. The molecule has 0 saturated carbocycles. The molecule has 1 aromatic carbocycles. The largest absolute Gasteiger partial charge is 0.494 e. The lowest BCUT2D eigenvalue weighted by atomic mass is 9.61. The third kappa shape index (κ3) is 4.28. The standard InChI is InChI=1S/C28H37BN4O5/c1-24(2,34)23-31-22(32-36-23)18-13-20(15-30-14-18)28(35,27(7)16-33(8)17-27)19-9-11-21(12-10-19)29-37-25(3,4)26(5,6)38-29/h9-15,34-35H,16-17H2,1-8H3/t28-/m0/s1. The molecule has 202 valence electrons. The Morgan fingerprint density at radius 2 is 1.53 bits per heavy atom. The second-order valence-corrected chi connectivity index (χ2v) is 12.6. The van der Waals surface area contributed by atoms with Crippen LogP contribution in [0.3, 0.4) is 0 Å². The summed E-state index contributed by atoms with van der Waals surface area (Å²) in [5, 5.41) is 26.8. The lowest BCUT2D eigenvalue weighted by molar-refractivity contribution is -0.127. The Bertz CT molecular complexity index is 1310. The molecule has 0 bridgehead atoms. The number of aromatic nitrogens is 3. The number of aliphatic hydroxyl groups is 2. The summed E-state index contributed by atoms with van der Waals surface area (Å²) in [6.45, 7) is 14.8. The zero-order valence-electron chi connectivity index (χ0n) is 23.4. The quantitative estimate of drug-likeness (QED) is 0.474. The van der Waals surface area contributed by atoms with Crippen LogP contribution in [0.4, 0.5) is 0 Å². The fourth-order valence-electron chi connectivity index (χ4n) is 5.45. The van der Waals surface area contributed by atoms with Gasteiger partial charge in [-0.3, -0.25) is 4.98 Å². The molecule has 4 heterocycles. The number of rotatable bonds is 6. The topological polar surface area (TPSA) is 114 Å². The van der Waals surface area contributed by atoms with Gasteiger partial charge in [0.15, 0.2) is 0 Å². The first-order chi connectivity index (χ1) is 17.6. The minimum absolute atomic E-state index is 0.110. The van der Waals surface area contributed by atoms with Crippen molar-refractivity contribution in [1.29, 1.82) is 0 Å². The predicted octanol–water partition coefficient (Wildman–Crippen LogP) is 2.85. The summed E-state index contributed by atoms with van der Waals surface area (Å²) >= 11 is 0. The average molecular weight is 520 g/mol. The van der Waals surface area contributed by atoms with Gasteiger partial charge >= 0.3 is 7.12 Å². The van der Waals surface area contributed by atoms with Crippen LogP contribution in [0, 0.1) is 5.41 Å². The molecular weight excluding hydrogens is 483 g/mol. The van der Waals surface area contributed by atoms with Gasteiger partial charge in [0, 0.05) is 42.0 Å². The second kappa shape index (κ2) is 8.69. The maximum absolute atomic E-state index is 12.5. The first kappa shape index (κ1) is 27.0. The fourth-order valence-corrected chi connectivity index (χ4v) is 5.45. The van der Waals surface area contributed by atoms with E-state index in [0.717, 1.165) is 11.0 Å². The van der Waals surface area contributed by atoms with Gasteiger partial charge in [-0.1, -0.05) is 36.3 Å². The Kier molecular flexibility index (Phi) is 6.17. The van der Waals surface area contributed by atoms with Crippen LogP contribution in [0.1, 0.15) is 65.5 Å². The van der Waals surface area contributed by atoms with Crippen molar-refractivity contribution in [2.75, 3.05) is 20.1 Å². The van der Waals surface area contributed by atoms with Crippen LogP contribution >= 0.6 is 0 Å². The fraction of sp³-hybridized carbons (Fsp3) is 0.536. The first-order valence-electron chi connectivity index (χ1n) is 13.0. The number of benzene rings is 1. The van der Waals surface area contributed by atoms with Crippen LogP contribution < -0.4 is 5.46 Å². The molecule has 9 nitrogen and oxygen atoms in total. The van der Waals surface area contributed by atoms with Gasteiger partial charge in [0.05, 0.1) is 11.2 Å². The Morgan fingerprint density at radius 3 is 2.05 bits per heavy atom. The summed E-state index contributed by atoms with van der Waals surface area (Å²) < 4.78 is 17.7. The summed E-state index contributed by atoms with van der Waals surface area (Å²) in [6.07, 6.45) is 3.31. The highest BCUT2D eigenvalue weighted by Gasteiger charge is 2.56. The molecule has 2 aliphatic rings. The highest BCUT2D eigenvalue weighted by Crippen LogP contribution is 2.50. The summed E-state index contributed by atoms with van der Waals surface area (Å²) in [4.78, 5) is 11.0. The predicted molar refractivity (Wildman–Crippen MR) is 144 cm³/mol. The maximum Gasteiger partial charge on any atom is 0.494 e. The van der Waals surface area contributed by atoms with E-state index in [4.69, 9.17) is 13.8 Å². The molecule has 0 spiro atoms. The molecule has 3 aromatic rings. The van der Waals surface area contributed by atoms with Crippen LogP contribution in [0.15, 0.2) is 47.2 Å². The van der Waals surface area contributed by atoms with Gasteiger partial charge in [0.1, 0.15) is 11.2 Å². The lowest BCUT2D eigenvalue weighted by Gasteiger charge is -2.55. The van der Waals surface area contributed by atoms with E-state index in [1.54, 1.807) is 26.2 Å². The van der Waals surface area contributed by atoms with Gasteiger partial charge in [-0.25, -0.2) is 0 Å². The molecule has 0 amide bonds. The monoisotopic (exact) mass is 520 g/mol. The molecule has 0 unspecified atom stereocenters. The molecule has 0 radical (unpaired) electrons. The molecule has 2 saturated heterocycles. The van der Waals surface area contributed by atoms with E-state index in [0.29, 0.717) is 30.0 Å². The minimum atomic E-state index is -1.35. The van der Waals surface area contributed by atoms with Crippen LogP contribution in [-0.4, -0.2) is 68.7 Å². The smallest absolute Gasteiger partial charge is 0.399 e. The van der Waals surface area contributed by atoms with E-state index in [9.17, 15) is 10.2 Å². The van der Waals surface area contributed by atoms with Crippen LogP contribution in [0.2, 0.25) is 0 Å². The summed E-state index contributed by atoms with van der Waals surface area (Å²) in [7, 11) is 1.55. The third-order valence-electron chi connectivity index (χ3n) is 8.33. The summed E-state index contributed by atoms with van der Waals surface area (Å²) in [5.74, 6) is 0.407. The molecule has 0 aliphatic carbocycles. The van der Waals surface area contributed by atoms with Crippen molar-refractivity contribution in [3.8, 4) is 11.4 Å². The Balaban J connectivity index is 1.53. The van der Waals surface area contributed by atoms with E-state index in [1.165, 1.54) is 0 Å². The van der Waals surface area contributed by atoms with E-state index < -0.39 is 34.9 Å². The number of hydrogen-bond donors (Lipinski definition) is 2. The van der Waals surface area contributed by atoms with Crippen molar-refractivity contribution in [3.63, 3.8) is 0 Å². The van der Waals surface area contributed by atoms with Gasteiger partial charge < -0.3 is 28.9 Å². The Hall–Kier alpha value is -2.63. The molecule has 10 heteroatoms. The van der Waals surface area contributed by atoms with Gasteiger partial charge in [0.25, 0.3) is 5.89 Å². The zero-order chi connectivity index (χ0) is 27.7. The SMILES string of the molecule is CN1CC(C)([C@](O)(c2ccc(B3OC(C)(C)C(C)(C)O3)cc2)c2cncc(-c3noc(C(C)(C)O)n3)c2)C1. The number of likely N-dealkylation sites (tertiary alicyclic amines) is 1. The van der Waals surface area contributed by atoms with E-state index >= 15 is 0 Å². The second-order valence-electron chi connectivity index (χ2n) is 12.6. The summed E-state index contributed by atoms with van der Waals surface area (Å²) in [5.41, 5.74) is -1.10. The Labute approximate surface area is 224 Å². The highest BCUT2D eigenvalue weighted by atomic mass is 16.7. The normalized spacial score (nSPS) is 22.2. The van der Waals surface area contributed by atoms with Crippen LogP contribution in [0.5, 0.6) is 0 Å². The van der Waals surface area contributed by atoms with E-state index in [2.05, 4.69) is 26.9 Å². The molecule has 2 aliphatic heterocycles. The molecule has 2 N–H and O–H groups in total. The van der Waals surface area contributed by atoms with Crippen molar-refractivity contribution in [3.05, 3.63) is 59.7 Å². The third-order valence-corrected chi connectivity index (χ3v) is 8.33. The molecule has 5 rings (SSSR count). The van der Waals surface area contributed by atoms with E-state index in [-0.39, 0.29) is 5.89 Å². The molecule has 2 fully saturated rings. The van der Waals surface area contributed by atoms with Crippen molar-refractivity contribution in [2.45, 2.75) is 70.9 Å². The van der Waals surface area contributed by atoms with Crippen molar-refractivity contribution < 1.29 is 24.0 Å². The van der Waals surface area contributed by atoms with E-state index in [1.807, 2.05) is 65.1 Å². The maximum atomic E-state index is 12.5. The van der Waals surface area contributed by atoms with Gasteiger partial charge in [-0.05, 0) is 65.7 Å². The van der Waals surface area contributed by atoms with Gasteiger partial charge in [-0.2, -0.15) is 4.98 Å². The van der Waals surface area contributed by atoms with Crippen molar-refractivity contribution in [1.82, 2.24) is 20.0 Å². The first-order valence-corrected chi connectivity index (χ1v) is 13.0. The molecule has 38 heavy (non-hydrogen) atoms. The van der Waals surface area contributed by atoms with Crippen LogP contribution in [-0.2, 0) is 20.5 Å². The van der Waals surface area contributed by atoms with Gasteiger partial charge in [0.2, 0.25) is 5.82 Å². The number of pyridine rings is 1. The van der Waals surface area contributed by atoms with Crippen molar-refractivity contribution >= 4 is 12.6 Å². The lowest BCUT2D eigenvalue weighted by Crippen LogP contribution is -2.63. The van der Waals surface area contributed by atoms with Gasteiger partial charge in [-0.15, -0.1) is 0 Å². The molecule has 1 atom stereocenters. The molecular formula is C28H37BN4O5. The zero-order valence-corrected chi connectivity index (χ0v) is 23.4. The van der Waals surface area contributed by atoms with Crippen molar-refractivity contribution in [2.24, 2.45) is 5.41 Å². The Morgan fingerprint density at radius 1 is 0.921 bits per heavy atom. The number of nitrogens with zero attached hydrogens (tertiary/aromatic N) is 4. The number of hydrogen-bond acceptors (Lipinski definition) is 9. The highest BCUT2D eigenvalue weighted by molar-refractivity contribution is 6.62. The summed E-state index contributed by atoms with van der Waals surface area (Å²) in [6, 6.07) is 9.65.